The lowest BCUT2D eigenvalue weighted by Gasteiger charge is -2.09. The Kier molecular flexibility index (Phi) is 2.89. The number of halogens is 3. The molecule has 20 heavy (non-hydrogen) atoms. The predicted molar refractivity (Wildman–Crippen MR) is 70.4 cm³/mol. The van der Waals surface area contributed by atoms with E-state index in [0.29, 0.717) is 0 Å². The summed E-state index contributed by atoms with van der Waals surface area (Å²) in [5.74, 6) is -0.219. The maximum atomic E-state index is 12.1. The fourth-order valence-electron chi connectivity index (χ4n) is 2.08. The van der Waals surface area contributed by atoms with Crippen LogP contribution in [0.4, 0.5) is 13.2 Å². The van der Waals surface area contributed by atoms with Gasteiger partial charge in [-0.3, -0.25) is 0 Å². The highest BCUT2D eigenvalue weighted by atomic mass is 19.4. The molecule has 0 saturated carbocycles. The maximum Gasteiger partial charge on any atom is 0.573 e. The van der Waals surface area contributed by atoms with Crippen molar-refractivity contribution in [2.45, 2.75) is 6.36 Å². The highest BCUT2D eigenvalue weighted by Gasteiger charge is 2.30. The number of H-pyrrole nitrogens is 1. The van der Waals surface area contributed by atoms with Gasteiger partial charge in [0, 0.05) is 11.7 Å². The van der Waals surface area contributed by atoms with E-state index in [9.17, 15) is 13.2 Å². The molecule has 3 aromatic rings. The second-order valence-electron chi connectivity index (χ2n) is 4.35. The van der Waals surface area contributed by atoms with Gasteiger partial charge in [0.1, 0.15) is 5.75 Å². The molecule has 1 N–H and O–H groups in total. The van der Waals surface area contributed by atoms with Crippen LogP contribution >= 0.6 is 0 Å². The van der Waals surface area contributed by atoms with Crippen LogP contribution in [-0.4, -0.2) is 11.3 Å². The highest BCUT2D eigenvalue weighted by molar-refractivity contribution is 5.85. The van der Waals surface area contributed by atoms with Crippen LogP contribution in [-0.2, 0) is 0 Å². The molecular formula is C15H10F3NO. The summed E-state index contributed by atoms with van der Waals surface area (Å²) in [6.45, 7) is 0. The Hall–Kier alpha value is -2.43. The van der Waals surface area contributed by atoms with Gasteiger partial charge in [0.2, 0.25) is 0 Å². The van der Waals surface area contributed by atoms with Crippen molar-refractivity contribution >= 4 is 10.9 Å². The summed E-state index contributed by atoms with van der Waals surface area (Å²) in [6.07, 6.45) is -2.82. The van der Waals surface area contributed by atoms with Crippen LogP contribution in [0.3, 0.4) is 0 Å². The summed E-state index contributed by atoms with van der Waals surface area (Å²) in [4.78, 5) is 3.09. The number of rotatable bonds is 2. The standard InChI is InChI=1S/C15H10F3NO/c16-15(17,18)20-13-4-1-10(2-5-13)11-3-6-14-12(9-11)7-8-19-14/h1-9,19H. The second-order valence-corrected chi connectivity index (χ2v) is 4.35. The highest BCUT2D eigenvalue weighted by Crippen LogP contribution is 2.28. The number of aromatic nitrogens is 1. The van der Waals surface area contributed by atoms with Crippen LogP contribution in [0.2, 0.25) is 0 Å². The summed E-state index contributed by atoms with van der Waals surface area (Å²) >= 11 is 0. The van der Waals surface area contributed by atoms with Crippen molar-refractivity contribution < 1.29 is 17.9 Å². The molecule has 3 rings (SSSR count). The third kappa shape index (κ3) is 2.61. The Balaban J connectivity index is 1.90. The number of benzene rings is 2. The molecule has 0 aliphatic heterocycles. The van der Waals surface area contributed by atoms with Crippen molar-refractivity contribution in [1.82, 2.24) is 4.98 Å². The number of fused-ring (bicyclic) bond motifs is 1. The van der Waals surface area contributed by atoms with Crippen molar-refractivity contribution in [1.29, 1.82) is 0 Å². The zero-order valence-corrected chi connectivity index (χ0v) is 10.2. The zero-order valence-electron chi connectivity index (χ0n) is 10.2. The van der Waals surface area contributed by atoms with Crippen LogP contribution in [0.25, 0.3) is 22.0 Å². The molecule has 0 aliphatic rings. The van der Waals surface area contributed by atoms with Gasteiger partial charge in [0.25, 0.3) is 0 Å². The molecule has 0 aliphatic carbocycles. The zero-order chi connectivity index (χ0) is 14.2. The van der Waals surface area contributed by atoms with Gasteiger partial charge in [-0.1, -0.05) is 18.2 Å². The van der Waals surface area contributed by atoms with Gasteiger partial charge in [-0.05, 0) is 46.8 Å². The molecule has 0 radical (unpaired) electrons. The van der Waals surface area contributed by atoms with E-state index in [1.54, 1.807) is 12.1 Å². The van der Waals surface area contributed by atoms with Crippen molar-refractivity contribution in [3.8, 4) is 16.9 Å². The van der Waals surface area contributed by atoms with E-state index in [1.807, 2.05) is 30.5 Å². The average molecular weight is 277 g/mol. The minimum Gasteiger partial charge on any atom is -0.406 e. The van der Waals surface area contributed by atoms with E-state index in [2.05, 4.69) is 9.72 Å². The van der Waals surface area contributed by atoms with E-state index in [4.69, 9.17) is 0 Å². The number of aromatic amines is 1. The van der Waals surface area contributed by atoms with Gasteiger partial charge in [-0.2, -0.15) is 0 Å². The topological polar surface area (TPSA) is 25.0 Å². The van der Waals surface area contributed by atoms with E-state index in [-0.39, 0.29) is 5.75 Å². The molecule has 2 aromatic carbocycles. The fraction of sp³-hybridized carbons (Fsp3) is 0.0667. The van der Waals surface area contributed by atoms with Gasteiger partial charge in [0.15, 0.2) is 0 Å². The molecule has 5 heteroatoms. The normalized spacial score (nSPS) is 11.8. The maximum absolute atomic E-state index is 12.1. The molecule has 0 saturated heterocycles. The quantitative estimate of drug-likeness (QED) is 0.719. The lowest BCUT2D eigenvalue weighted by molar-refractivity contribution is -0.274. The smallest absolute Gasteiger partial charge is 0.406 e. The third-order valence-corrected chi connectivity index (χ3v) is 2.97. The lowest BCUT2D eigenvalue weighted by atomic mass is 10.0. The number of alkyl halides is 3. The van der Waals surface area contributed by atoms with E-state index in [0.717, 1.165) is 22.0 Å². The molecular weight excluding hydrogens is 267 g/mol. The van der Waals surface area contributed by atoms with Gasteiger partial charge in [0.05, 0.1) is 0 Å². The van der Waals surface area contributed by atoms with E-state index >= 15 is 0 Å². The molecule has 102 valence electrons. The van der Waals surface area contributed by atoms with Crippen molar-refractivity contribution in [3.63, 3.8) is 0 Å². The molecule has 1 aromatic heterocycles. The number of ether oxygens (including phenoxy) is 1. The van der Waals surface area contributed by atoms with Crippen molar-refractivity contribution in [3.05, 3.63) is 54.7 Å². The summed E-state index contributed by atoms with van der Waals surface area (Å²) < 4.78 is 40.1. The van der Waals surface area contributed by atoms with Crippen LogP contribution in [0.5, 0.6) is 5.75 Å². The molecule has 2 nitrogen and oxygen atoms in total. The SMILES string of the molecule is FC(F)(F)Oc1ccc(-c2ccc3[nH]ccc3c2)cc1. The first kappa shape index (κ1) is 12.6. The second kappa shape index (κ2) is 4.59. The average Bonchev–Trinajstić information content (AvgIpc) is 2.85. The molecule has 0 atom stereocenters. The number of hydrogen-bond acceptors (Lipinski definition) is 1. The van der Waals surface area contributed by atoms with Crippen LogP contribution < -0.4 is 4.74 Å². The number of nitrogens with one attached hydrogen (secondary N) is 1. The largest absolute Gasteiger partial charge is 0.573 e. The summed E-state index contributed by atoms with van der Waals surface area (Å²) in [6, 6.07) is 13.6. The Labute approximate surface area is 112 Å². The molecule has 0 spiro atoms. The first-order valence-electron chi connectivity index (χ1n) is 5.95. The number of hydrogen-bond donors (Lipinski definition) is 1. The van der Waals surface area contributed by atoms with Crippen molar-refractivity contribution in [2.24, 2.45) is 0 Å². The van der Waals surface area contributed by atoms with Gasteiger partial charge in [-0.15, -0.1) is 13.2 Å². The van der Waals surface area contributed by atoms with E-state index in [1.165, 1.54) is 12.1 Å². The van der Waals surface area contributed by atoms with Crippen LogP contribution in [0.1, 0.15) is 0 Å². The molecule has 0 fully saturated rings. The monoisotopic (exact) mass is 277 g/mol. The molecule has 0 amide bonds. The Morgan fingerprint density at radius 2 is 1.55 bits per heavy atom. The van der Waals surface area contributed by atoms with Gasteiger partial charge < -0.3 is 9.72 Å². The fourth-order valence-corrected chi connectivity index (χ4v) is 2.08. The first-order chi connectivity index (χ1) is 9.51. The Bertz CT molecular complexity index is 729. The van der Waals surface area contributed by atoms with Crippen LogP contribution in [0.15, 0.2) is 54.7 Å². The predicted octanol–water partition coefficient (Wildman–Crippen LogP) is 4.73. The molecule has 0 bridgehead atoms. The summed E-state index contributed by atoms with van der Waals surface area (Å²) in [5.41, 5.74) is 2.80. The minimum atomic E-state index is -4.66. The Morgan fingerprint density at radius 1 is 0.850 bits per heavy atom. The van der Waals surface area contributed by atoms with E-state index < -0.39 is 6.36 Å². The first-order valence-corrected chi connectivity index (χ1v) is 5.95. The van der Waals surface area contributed by atoms with Gasteiger partial charge >= 0.3 is 6.36 Å². The summed E-state index contributed by atoms with van der Waals surface area (Å²) in [5, 5.41) is 1.05. The molecule has 0 unspecified atom stereocenters. The summed E-state index contributed by atoms with van der Waals surface area (Å²) in [7, 11) is 0. The lowest BCUT2D eigenvalue weighted by Crippen LogP contribution is -2.16. The van der Waals surface area contributed by atoms with Crippen LogP contribution in [0, 0.1) is 0 Å². The third-order valence-electron chi connectivity index (χ3n) is 2.97. The molecule has 1 heterocycles. The van der Waals surface area contributed by atoms with Gasteiger partial charge in [-0.25, -0.2) is 0 Å². The minimum absolute atomic E-state index is 0.219. The van der Waals surface area contributed by atoms with Crippen molar-refractivity contribution in [2.75, 3.05) is 0 Å². The Morgan fingerprint density at radius 3 is 2.25 bits per heavy atom.